The summed E-state index contributed by atoms with van der Waals surface area (Å²) in [5, 5.41) is 6.87. The lowest BCUT2D eigenvalue weighted by Gasteiger charge is -2.40. The van der Waals surface area contributed by atoms with Gasteiger partial charge in [0.05, 0.1) is 0 Å². The van der Waals surface area contributed by atoms with E-state index in [0.717, 1.165) is 64.1 Å². The molecule has 1 saturated carbocycles. The SMILES string of the molecule is CCNC(=NCC1CC1)NCCCN1CCN(C)CC1c1ccccc1.I. The Hall–Kier alpha value is -0.860. The van der Waals surface area contributed by atoms with Crippen molar-refractivity contribution < 1.29 is 0 Å². The molecule has 1 aromatic carbocycles. The summed E-state index contributed by atoms with van der Waals surface area (Å²) in [5.41, 5.74) is 1.44. The zero-order valence-electron chi connectivity index (χ0n) is 16.9. The fourth-order valence-electron chi connectivity index (χ4n) is 3.57. The first-order valence-electron chi connectivity index (χ1n) is 10.3. The summed E-state index contributed by atoms with van der Waals surface area (Å²) in [6.45, 7) is 9.54. The highest BCUT2D eigenvalue weighted by molar-refractivity contribution is 14.0. The molecule has 2 aliphatic rings. The summed E-state index contributed by atoms with van der Waals surface area (Å²) >= 11 is 0. The minimum atomic E-state index is 0. The second kappa shape index (κ2) is 11.9. The fourth-order valence-corrected chi connectivity index (χ4v) is 3.57. The number of halogens is 1. The molecule has 2 fully saturated rings. The zero-order chi connectivity index (χ0) is 18.2. The van der Waals surface area contributed by atoms with Crippen molar-refractivity contribution in [3.63, 3.8) is 0 Å². The van der Waals surface area contributed by atoms with Crippen molar-refractivity contribution in [3.8, 4) is 0 Å². The van der Waals surface area contributed by atoms with Crippen LogP contribution in [-0.2, 0) is 0 Å². The summed E-state index contributed by atoms with van der Waals surface area (Å²) < 4.78 is 0. The first-order valence-corrected chi connectivity index (χ1v) is 10.3. The van der Waals surface area contributed by atoms with Crippen LogP contribution in [0.3, 0.4) is 0 Å². The van der Waals surface area contributed by atoms with Crippen LogP contribution in [0.5, 0.6) is 0 Å². The van der Waals surface area contributed by atoms with Gasteiger partial charge in [-0.25, -0.2) is 0 Å². The summed E-state index contributed by atoms with van der Waals surface area (Å²) in [6.07, 6.45) is 3.85. The molecule has 6 heteroatoms. The molecule has 152 valence electrons. The Morgan fingerprint density at radius 3 is 2.63 bits per heavy atom. The molecule has 0 bridgehead atoms. The smallest absolute Gasteiger partial charge is 0.191 e. The minimum absolute atomic E-state index is 0. The topological polar surface area (TPSA) is 42.9 Å². The number of likely N-dealkylation sites (N-methyl/N-ethyl adjacent to an activating group) is 1. The van der Waals surface area contributed by atoms with E-state index in [0.29, 0.717) is 6.04 Å². The molecular weight excluding hydrogens is 449 g/mol. The molecule has 2 N–H and O–H groups in total. The van der Waals surface area contributed by atoms with Gasteiger partial charge in [0.15, 0.2) is 5.96 Å². The van der Waals surface area contributed by atoms with Gasteiger partial charge in [-0.1, -0.05) is 30.3 Å². The van der Waals surface area contributed by atoms with E-state index >= 15 is 0 Å². The summed E-state index contributed by atoms with van der Waals surface area (Å²) in [7, 11) is 2.23. The number of aliphatic imine (C=N–C) groups is 1. The molecular formula is C21H36IN5. The number of hydrogen-bond acceptors (Lipinski definition) is 3. The normalized spacial score (nSPS) is 21.6. The van der Waals surface area contributed by atoms with Crippen LogP contribution >= 0.6 is 24.0 Å². The van der Waals surface area contributed by atoms with Crippen LogP contribution in [-0.4, -0.2) is 68.6 Å². The molecule has 1 heterocycles. The van der Waals surface area contributed by atoms with Gasteiger partial charge >= 0.3 is 0 Å². The van der Waals surface area contributed by atoms with E-state index in [2.05, 4.69) is 64.7 Å². The van der Waals surface area contributed by atoms with E-state index in [1.54, 1.807) is 0 Å². The molecule has 3 rings (SSSR count). The van der Waals surface area contributed by atoms with E-state index in [-0.39, 0.29) is 24.0 Å². The lowest BCUT2D eigenvalue weighted by molar-refractivity contribution is 0.0891. The molecule has 1 unspecified atom stereocenters. The third kappa shape index (κ3) is 7.58. The quantitative estimate of drug-likeness (QED) is 0.257. The maximum absolute atomic E-state index is 4.71. The number of piperazine rings is 1. The third-order valence-corrected chi connectivity index (χ3v) is 5.34. The molecule has 27 heavy (non-hydrogen) atoms. The second-order valence-corrected chi connectivity index (χ2v) is 7.67. The predicted octanol–water partition coefficient (Wildman–Crippen LogP) is 2.95. The Morgan fingerprint density at radius 2 is 1.93 bits per heavy atom. The molecule has 1 atom stereocenters. The van der Waals surface area contributed by atoms with Crippen LogP contribution in [0, 0.1) is 5.92 Å². The Kier molecular flexibility index (Phi) is 9.86. The summed E-state index contributed by atoms with van der Waals surface area (Å²) in [4.78, 5) is 9.80. The summed E-state index contributed by atoms with van der Waals surface area (Å²) in [6, 6.07) is 11.5. The van der Waals surface area contributed by atoms with Gasteiger partial charge < -0.3 is 15.5 Å². The van der Waals surface area contributed by atoms with Crippen LogP contribution in [0.25, 0.3) is 0 Å². The van der Waals surface area contributed by atoms with Gasteiger partial charge in [-0.05, 0) is 44.7 Å². The van der Waals surface area contributed by atoms with Crippen molar-refractivity contribution in [2.75, 3.05) is 52.9 Å². The Labute approximate surface area is 182 Å². The molecule has 1 aliphatic heterocycles. The average molecular weight is 485 g/mol. The van der Waals surface area contributed by atoms with Crippen molar-refractivity contribution in [2.45, 2.75) is 32.2 Å². The van der Waals surface area contributed by atoms with E-state index in [1.807, 2.05) is 0 Å². The molecule has 1 aromatic rings. The number of benzene rings is 1. The molecule has 5 nitrogen and oxygen atoms in total. The largest absolute Gasteiger partial charge is 0.357 e. The number of guanidine groups is 1. The zero-order valence-corrected chi connectivity index (χ0v) is 19.2. The van der Waals surface area contributed by atoms with Gasteiger partial charge in [0.2, 0.25) is 0 Å². The van der Waals surface area contributed by atoms with Crippen LogP contribution < -0.4 is 10.6 Å². The summed E-state index contributed by atoms with van der Waals surface area (Å²) in [5.74, 6) is 1.82. The van der Waals surface area contributed by atoms with Crippen LogP contribution in [0.1, 0.15) is 37.8 Å². The number of rotatable bonds is 8. The number of nitrogens with zero attached hydrogens (tertiary/aromatic N) is 3. The third-order valence-electron chi connectivity index (χ3n) is 5.34. The monoisotopic (exact) mass is 485 g/mol. The highest BCUT2D eigenvalue weighted by atomic mass is 127. The van der Waals surface area contributed by atoms with Gasteiger partial charge in [-0.15, -0.1) is 24.0 Å². The van der Waals surface area contributed by atoms with Crippen LogP contribution in [0.15, 0.2) is 35.3 Å². The highest BCUT2D eigenvalue weighted by Gasteiger charge is 2.26. The van der Waals surface area contributed by atoms with Crippen molar-refractivity contribution in [1.29, 1.82) is 0 Å². The van der Waals surface area contributed by atoms with Crippen molar-refractivity contribution in [3.05, 3.63) is 35.9 Å². The minimum Gasteiger partial charge on any atom is -0.357 e. The maximum Gasteiger partial charge on any atom is 0.191 e. The lowest BCUT2D eigenvalue weighted by atomic mass is 10.0. The molecule has 0 aromatic heterocycles. The highest BCUT2D eigenvalue weighted by Crippen LogP contribution is 2.28. The van der Waals surface area contributed by atoms with Gasteiger partial charge in [0.25, 0.3) is 0 Å². The molecule has 0 spiro atoms. The molecule has 0 radical (unpaired) electrons. The van der Waals surface area contributed by atoms with Crippen LogP contribution in [0.2, 0.25) is 0 Å². The van der Waals surface area contributed by atoms with Crippen molar-refractivity contribution in [1.82, 2.24) is 20.4 Å². The van der Waals surface area contributed by atoms with Gasteiger partial charge in [-0.3, -0.25) is 9.89 Å². The first kappa shape index (κ1) is 22.4. The van der Waals surface area contributed by atoms with Gasteiger partial charge in [0.1, 0.15) is 0 Å². The van der Waals surface area contributed by atoms with E-state index in [1.165, 1.54) is 18.4 Å². The number of nitrogens with one attached hydrogen (secondary N) is 2. The Morgan fingerprint density at radius 1 is 1.15 bits per heavy atom. The second-order valence-electron chi connectivity index (χ2n) is 7.67. The molecule has 1 aliphatic carbocycles. The van der Waals surface area contributed by atoms with Crippen LogP contribution in [0.4, 0.5) is 0 Å². The number of hydrogen-bond donors (Lipinski definition) is 2. The van der Waals surface area contributed by atoms with E-state index in [4.69, 9.17) is 4.99 Å². The first-order chi connectivity index (χ1) is 12.8. The molecule has 0 amide bonds. The van der Waals surface area contributed by atoms with Crippen molar-refractivity contribution in [2.24, 2.45) is 10.9 Å². The fraction of sp³-hybridized carbons (Fsp3) is 0.667. The molecule has 1 saturated heterocycles. The Bertz CT molecular complexity index is 561. The standard InChI is InChI=1S/C21H35N5.HI/c1-3-22-21(24-16-18-10-11-18)23-12-7-13-26-15-14-25(2)17-20(26)19-8-5-4-6-9-19;/h4-6,8-9,18,20H,3,7,10-17H2,1-2H3,(H2,22,23,24);1H. The van der Waals surface area contributed by atoms with E-state index in [9.17, 15) is 0 Å². The maximum atomic E-state index is 4.71. The van der Waals surface area contributed by atoms with Gasteiger partial charge in [-0.2, -0.15) is 0 Å². The van der Waals surface area contributed by atoms with E-state index < -0.39 is 0 Å². The predicted molar refractivity (Wildman–Crippen MR) is 125 cm³/mol. The Balaban J connectivity index is 0.00000261. The van der Waals surface area contributed by atoms with Gasteiger partial charge in [0, 0.05) is 51.9 Å². The average Bonchev–Trinajstić information content (AvgIpc) is 3.49. The van der Waals surface area contributed by atoms with Crippen molar-refractivity contribution >= 4 is 29.9 Å². The lowest BCUT2D eigenvalue weighted by Crippen LogP contribution is -2.47.